The molecule has 0 radical (unpaired) electrons. The Bertz CT molecular complexity index is 1010. The van der Waals surface area contributed by atoms with Crippen LogP contribution in [-0.2, 0) is 15.8 Å². The van der Waals surface area contributed by atoms with E-state index in [-0.39, 0.29) is 28.5 Å². The zero-order chi connectivity index (χ0) is 21.3. The molecular weight excluding hydrogens is 403 g/mol. The lowest BCUT2D eigenvalue weighted by atomic mass is 9.98. The van der Waals surface area contributed by atoms with E-state index < -0.39 is 23.6 Å². The average Bonchev–Trinajstić information content (AvgIpc) is 2.89. The Morgan fingerprint density at radius 3 is 2.38 bits per heavy atom. The van der Waals surface area contributed by atoms with Crippen LogP contribution in [0.3, 0.4) is 0 Å². The summed E-state index contributed by atoms with van der Waals surface area (Å²) < 4.78 is 39.3. The van der Waals surface area contributed by atoms with E-state index in [4.69, 9.17) is 5.11 Å². The number of halogens is 3. The van der Waals surface area contributed by atoms with Crippen molar-refractivity contribution in [3.05, 3.63) is 69.6 Å². The molecular formula is C21H18F3NO3S. The third-order valence-corrected chi connectivity index (χ3v) is 5.52. The molecule has 0 bridgehead atoms. The number of hydrogen-bond donors (Lipinski definition) is 1. The number of carbonyl (C=O) groups excluding carboxylic acids is 2. The minimum atomic E-state index is -4.60. The second kappa shape index (κ2) is 8.04. The molecule has 0 atom stereocenters. The molecule has 2 aromatic carbocycles. The molecule has 1 aliphatic rings. The lowest BCUT2D eigenvalue weighted by Crippen LogP contribution is -2.31. The van der Waals surface area contributed by atoms with E-state index in [9.17, 15) is 22.8 Å². The summed E-state index contributed by atoms with van der Waals surface area (Å²) in [6.45, 7) is 3.48. The van der Waals surface area contributed by atoms with Crippen LogP contribution in [0.25, 0.3) is 5.57 Å². The minimum absolute atomic E-state index is 0.119. The smallest absolute Gasteiger partial charge is 0.396 e. The second-order valence-electron chi connectivity index (χ2n) is 6.59. The van der Waals surface area contributed by atoms with Gasteiger partial charge in [-0.15, -0.1) is 11.8 Å². The molecule has 2 aromatic rings. The monoisotopic (exact) mass is 421 g/mol. The van der Waals surface area contributed by atoms with Gasteiger partial charge >= 0.3 is 6.18 Å². The van der Waals surface area contributed by atoms with Gasteiger partial charge in [-0.05, 0) is 43.2 Å². The number of imide groups is 1. The molecule has 1 N–H and O–H groups in total. The van der Waals surface area contributed by atoms with Crippen molar-refractivity contribution in [1.29, 1.82) is 0 Å². The number of carbonyl (C=O) groups is 2. The number of aliphatic hydroxyl groups excluding tert-OH is 1. The van der Waals surface area contributed by atoms with Gasteiger partial charge in [-0.3, -0.25) is 9.59 Å². The van der Waals surface area contributed by atoms with E-state index in [2.05, 4.69) is 0 Å². The summed E-state index contributed by atoms with van der Waals surface area (Å²) in [5.41, 5.74) is 1.35. The van der Waals surface area contributed by atoms with Crippen LogP contribution in [0.2, 0.25) is 0 Å². The van der Waals surface area contributed by atoms with E-state index in [1.54, 1.807) is 19.1 Å². The molecule has 2 amide bonds. The summed E-state index contributed by atoms with van der Waals surface area (Å²) in [6.07, 6.45) is -4.60. The predicted molar refractivity (Wildman–Crippen MR) is 106 cm³/mol. The molecule has 8 heteroatoms. The minimum Gasteiger partial charge on any atom is -0.396 e. The first kappa shape index (κ1) is 21.1. The van der Waals surface area contributed by atoms with Gasteiger partial charge in [-0.1, -0.05) is 29.8 Å². The molecule has 0 saturated heterocycles. The van der Waals surface area contributed by atoms with Crippen molar-refractivity contribution < 1.29 is 27.9 Å². The summed E-state index contributed by atoms with van der Waals surface area (Å²) >= 11 is 1.02. The molecule has 0 aliphatic carbocycles. The molecule has 1 aliphatic heterocycles. The largest absolute Gasteiger partial charge is 0.416 e. The molecule has 1 heterocycles. The lowest BCUT2D eigenvalue weighted by molar-refractivity contribution is -0.137. The van der Waals surface area contributed by atoms with Crippen LogP contribution in [0.5, 0.6) is 0 Å². The van der Waals surface area contributed by atoms with Crippen molar-refractivity contribution >= 4 is 34.8 Å². The van der Waals surface area contributed by atoms with Crippen molar-refractivity contribution in [2.24, 2.45) is 0 Å². The van der Waals surface area contributed by atoms with Crippen LogP contribution in [0.15, 0.2) is 47.4 Å². The third-order valence-electron chi connectivity index (χ3n) is 4.46. The number of hydrogen-bond acceptors (Lipinski definition) is 4. The first-order valence-electron chi connectivity index (χ1n) is 8.76. The quantitative estimate of drug-likeness (QED) is 0.730. The van der Waals surface area contributed by atoms with E-state index >= 15 is 0 Å². The van der Waals surface area contributed by atoms with Crippen molar-refractivity contribution in [2.75, 3.05) is 17.3 Å². The Morgan fingerprint density at radius 2 is 1.76 bits per heavy atom. The maximum absolute atomic E-state index is 13.2. The number of aliphatic hydroxyl groups is 1. The number of thioether (sulfide) groups is 1. The zero-order valence-corrected chi connectivity index (χ0v) is 16.5. The van der Waals surface area contributed by atoms with E-state index in [1.165, 1.54) is 6.07 Å². The van der Waals surface area contributed by atoms with Gasteiger partial charge < -0.3 is 5.11 Å². The fourth-order valence-electron chi connectivity index (χ4n) is 3.18. The molecule has 0 unspecified atom stereocenters. The van der Waals surface area contributed by atoms with Crippen molar-refractivity contribution in [3.63, 3.8) is 0 Å². The van der Waals surface area contributed by atoms with Gasteiger partial charge in [0.1, 0.15) is 0 Å². The SMILES string of the molecule is Cc1ccc(C2=C(SCCO)C(=O)N(c3cccc(C(F)(F)F)c3)C2=O)c(C)c1. The number of nitrogens with zero attached hydrogens (tertiary/aromatic N) is 1. The van der Waals surface area contributed by atoms with Gasteiger partial charge in [0, 0.05) is 5.75 Å². The van der Waals surface area contributed by atoms with Crippen molar-refractivity contribution in [3.8, 4) is 0 Å². The van der Waals surface area contributed by atoms with Crippen LogP contribution in [0.4, 0.5) is 18.9 Å². The van der Waals surface area contributed by atoms with Crippen LogP contribution < -0.4 is 4.90 Å². The van der Waals surface area contributed by atoms with E-state index in [0.29, 0.717) is 5.56 Å². The second-order valence-corrected chi connectivity index (χ2v) is 7.69. The highest BCUT2D eigenvalue weighted by Gasteiger charge is 2.41. The van der Waals surface area contributed by atoms with Gasteiger partial charge in [-0.25, -0.2) is 4.90 Å². The van der Waals surface area contributed by atoms with Gasteiger partial charge in [0.2, 0.25) is 0 Å². The number of anilines is 1. The Hall–Kier alpha value is -2.58. The molecule has 29 heavy (non-hydrogen) atoms. The summed E-state index contributed by atoms with van der Waals surface area (Å²) in [5.74, 6) is -1.19. The van der Waals surface area contributed by atoms with Crippen molar-refractivity contribution in [2.45, 2.75) is 20.0 Å². The number of alkyl halides is 3. The Balaban J connectivity index is 2.11. The molecule has 0 aromatic heterocycles. The molecule has 4 nitrogen and oxygen atoms in total. The third kappa shape index (κ3) is 4.09. The summed E-state index contributed by atoms with van der Waals surface area (Å²) in [6, 6.07) is 9.51. The lowest BCUT2D eigenvalue weighted by Gasteiger charge is -2.17. The number of rotatable bonds is 5. The maximum Gasteiger partial charge on any atom is 0.416 e. The Labute approximate surface area is 170 Å². The van der Waals surface area contributed by atoms with Gasteiger partial charge in [0.15, 0.2) is 0 Å². The highest BCUT2D eigenvalue weighted by Crippen LogP contribution is 2.40. The fourth-order valence-corrected chi connectivity index (χ4v) is 4.03. The topological polar surface area (TPSA) is 57.6 Å². The summed E-state index contributed by atoms with van der Waals surface area (Å²) in [4.78, 5) is 27.1. The van der Waals surface area contributed by atoms with E-state index in [0.717, 1.165) is 46.0 Å². The summed E-state index contributed by atoms with van der Waals surface area (Å²) in [7, 11) is 0. The van der Waals surface area contributed by atoms with Crippen molar-refractivity contribution in [1.82, 2.24) is 0 Å². The normalized spacial score (nSPS) is 14.9. The van der Waals surface area contributed by atoms with Gasteiger partial charge in [-0.2, -0.15) is 13.2 Å². The molecule has 0 fully saturated rings. The molecule has 0 saturated carbocycles. The maximum atomic E-state index is 13.2. The Morgan fingerprint density at radius 1 is 1.03 bits per heavy atom. The Kier molecular flexibility index (Phi) is 5.86. The number of benzene rings is 2. The van der Waals surface area contributed by atoms with E-state index in [1.807, 2.05) is 13.0 Å². The highest BCUT2D eigenvalue weighted by atomic mass is 32.2. The van der Waals surface area contributed by atoms with Crippen LogP contribution in [0, 0.1) is 13.8 Å². The first-order chi connectivity index (χ1) is 13.6. The van der Waals surface area contributed by atoms with Crippen LogP contribution in [-0.4, -0.2) is 29.3 Å². The fraction of sp³-hybridized carbons (Fsp3) is 0.238. The summed E-state index contributed by atoms with van der Waals surface area (Å²) in [5, 5.41) is 9.16. The standard InChI is InChI=1S/C21H18F3NO3S/c1-12-6-7-16(13(2)10-12)17-18(29-9-8-26)20(28)25(19(17)27)15-5-3-4-14(11-15)21(22,23)24/h3-7,10-11,26H,8-9H2,1-2H3. The average molecular weight is 421 g/mol. The number of aryl methyl sites for hydroxylation is 2. The predicted octanol–water partition coefficient (Wildman–Crippen LogP) is 4.33. The molecule has 152 valence electrons. The van der Waals surface area contributed by atoms with Gasteiger partial charge in [0.05, 0.1) is 28.3 Å². The first-order valence-corrected chi connectivity index (χ1v) is 9.75. The van der Waals surface area contributed by atoms with Gasteiger partial charge in [0.25, 0.3) is 11.8 Å². The van der Waals surface area contributed by atoms with Crippen LogP contribution >= 0.6 is 11.8 Å². The molecule has 3 rings (SSSR count). The number of amides is 2. The van der Waals surface area contributed by atoms with Crippen LogP contribution in [0.1, 0.15) is 22.3 Å². The highest BCUT2D eigenvalue weighted by molar-refractivity contribution is 8.04. The molecule has 0 spiro atoms. The zero-order valence-electron chi connectivity index (χ0n) is 15.7.